The Balaban J connectivity index is 2.28. The molecule has 5 heteroatoms. The van der Waals surface area contributed by atoms with Crippen molar-refractivity contribution in [3.05, 3.63) is 36.4 Å². The van der Waals surface area contributed by atoms with E-state index in [1.807, 2.05) is 12.1 Å². The molecule has 0 saturated heterocycles. The van der Waals surface area contributed by atoms with Crippen molar-refractivity contribution in [1.82, 2.24) is 0 Å². The van der Waals surface area contributed by atoms with Gasteiger partial charge in [0.2, 0.25) is 0 Å². The fourth-order valence-electron chi connectivity index (χ4n) is 1.19. The number of nitrogens with one attached hydrogen (secondary N) is 1. The Morgan fingerprint density at radius 1 is 1.50 bits per heavy atom. The van der Waals surface area contributed by atoms with Crippen molar-refractivity contribution < 1.29 is 14.6 Å². The van der Waals surface area contributed by atoms with E-state index in [4.69, 9.17) is 10.5 Å². The number of ether oxygens (including phenoxy) is 1. The Morgan fingerprint density at radius 2 is 2.11 bits per heavy atom. The van der Waals surface area contributed by atoms with Crippen molar-refractivity contribution in [1.29, 1.82) is 0 Å². The molecule has 0 aromatic heterocycles. The van der Waals surface area contributed by atoms with Gasteiger partial charge in [-0.15, -0.1) is 0 Å². The van der Waals surface area contributed by atoms with E-state index in [0.29, 0.717) is 11.3 Å². The molecule has 1 unspecified atom stereocenters. The summed E-state index contributed by atoms with van der Waals surface area (Å²) in [7, 11) is 0. The third-order valence-corrected chi connectivity index (χ3v) is 2.21. The van der Waals surface area contributed by atoms with E-state index in [2.05, 4.69) is 11.9 Å². The lowest BCUT2D eigenvalue weighted by atomic mass is 10.2. The van der Waals surface area contributed by atoms with E-state index in [1.165, 1.54) is 0 Å². The first-order chi connectivity index (χ1) is 8.49. The molecule has 5 nitrogen and oxygen atoms in total. The van der Waals surface area contributed by atoms with Crippen LogP contribution in [0, 0.1) is 0 Å². The molecule has 0 amide bonds. The Hall–Kier alpha value is -2.01. The van der Waals surface area contributed by atoms with Gasteiger partial charge >= 0.3 is 5.97 Å². The van der Waals surface area contributed by atoms with Crippen LogP contribution in [0.1, 0.15) is 6.92 Å². The summed E-state index contributed by atoms with van der Waals surface area (Å²) in [4.78, 5) is 11.1. The SMILES string of the molecule is C=C(C)C(=O)OCC(O)CNc1ccc(N)cc1. The number of hydrogen-bond donors (Lipinski definition) is 3. The minimum atomic E-state index is -0.772. The highest BCUT2D eigenvalue weighted by Crippen LogP contribution is 2.10. The van der Waals surface area contributed by atoms with Gasteiger partial charge in [0.05, 0.1) is 0 Å². The maximum Gasteiger partial charge on any atom is 0.333 e. The molecule has 0 aliphatic rings. The molecule has 0 fully saturated rings. The van der Waals surface area contributed by atoms with E-state index < -0.39 is 12.1 Å². The van der Waals surface area contributed by atoms with Crippen LogP contribution < -0.4 is 11.1 Å². The molecule has 0 heterocycles. The fraction of sp³-hybridized carbons (Fsp3) is 0.308. The molecule has 0 saturated carbocycles. The normalized spacial score (nSPS) is 11.7. The van der Waals surface area contributed by atoms with Crippen LogP contribution in [-0.2, 0) is 9.53 Å². The second-order valence-electron chi connectivity index (χ2n) is 4.04. The van der Waals surface area contributed by atoms with Gasteiger partial charge in [-0.25, -0.2) is 4.79 Å². The number of nitrogen functional groups attached to an aromatic ring is 1. The van der Waals surface area contributed by atoms with Crippen molar-refractivity contribution in [2.75, 3.05) is 24.2 Å². The zero-order valence-electron chi connectivity index (χ0n) is 10.3. The molecule has 0 radical (unpaired) electrons. The first kappa shape index (κ1) is 14.1. The smallest absolute Gasteiger partial charge is 0.333 e. The zero-order chi connectivity index (χ0) is 13.5. The van der Waals surface area contributed by atoms with Gasteiger partial charge < -0.3 is 20.9 Å². The fourth-order valence-corrected chi connectivity index (χ4v) is 1.19. The average molecular weight is 250 g/mol. The quantitative estimate of drug-likeness (QED) is 0.401. The van der Waals surface area contributed by atoms with Gasteiger partial charge in [0, 0.05) is 23.5 Å². The molecule has 4 N–H and O–H groups in total. The minimum Gasteiger partial charge on any atom is -0.460 e. The van der Waals surface area contributed by atoms with Gasteiger partial charge in [0.1, 0.15) is 12.7 Å². The summed E-state index contributed by atoms with van der Waals surface area (Å²) < 4.78 is 4.82. The number of rotatable bonds is 6. The average Bonchev–Trinajstić information content (AvgIpc) is 2.35. The first-order valence-corrected chi connectivity index (χ1v) is 5.59. The summed E-state index contributed by atoms with van der Waals surface area (Å²) in [5.74, 6) is -0.499. The van der Waals surface area contributed by atoms with Gasteiger partial charge in [-0.1, -0.05) is 6.58 Å². The predicted molar refractivity (Wildman–Crippen MR) is 71.1 cm³/mol. The van der Waals surface area contributed by atoms with Crippen LogP contribution in [0.2, 0.25) is 0 Å². The molecule has 0 bridgehead atoms. The Kier molecular flexibility index (Phi) is 5.20. The summed E-state index contributed by atoms with van der Waals surface area (Å²) in [5, 5.41) is 12.6. The zero-order valence-corrected chi connectivity index (χ0v) is 10.3. The van der Waals surface area contributed by atoms with Crippen molar-refractivity contribution in [2.45, 2.75) is 13.0 Å². The summed E-state index contributed by atoms with van der Waals surface area (Å²) in [6, 6.07) is 7.13. The van der Waals surface area contributed by atoms with Gasteiger partial charge in [-0.2, -0.15) is 0 Å². The van der Waals surface area contributed by atoms with Crippen LogP contribution in [0.5, 0.6) is 0 Å². The number of esters is 1. The first-order valence-electron chi connectivity index (χ1n) is 5.59. The maximum absolute atomic E-state index is 11.1. The van der Waals surface area contributed by atoms with Crippen molar-refractivity contribution in [3.63, 3.8) is 0 Å². The van der Waals surface area contributed by atoms with Crippen molar-refractivity contribution in [3.8, 4) is 0 Å². The van der Waals surface area contributed by atoms with Gasteiger partial charge in [-0.3, -0.25) is 0 Å². The molecular formula is C13H18N2O3. The summed E-state index contributed by atoms with van der Waals surface area (Å²) in [6.45, 7) is 5.23. The predicted octanol–water partition coefficient (Wildman–Crippen LogP) is 1.16. The third-order valence-electron chi connectivity index (χ3n) is 2.21. The van der Waals surface area contributed by atoms with E-state index in [0.717, 1.165) is 5.69 Å². The molecule has 18 heavy (non-hydrogen) atoms. The molecule has 1 aromatic rings. The molecule has 0 spiro atoms. The number of anilines is 2. The lowest BCUT2D eigenvalue weighted by Gasteiger charge is -2.13. The molecule has 1 rings (SSSR count). The molecule has 0 aliphatic heterocycles. The second-order valence-corrected chi connectivity index (χ2v) is 4.04. The summed E-state index contributed by atoms with van der Waals surface area (Å²) >= 11 is 0. The minimum absolute atomic E-state index is 0.0618. The van der Waals surface area contributed by atoms with Crippen LogP contribution in [0.15, 0.2) is 36.4 Å². The van der Waals surface area contributed by atoms with Crippen LogP contribution in [0.25, 0.3) is 0 Å². The van der Waals surface area contributed by atoms with Crippen LogP contribution >= 0.6 is 0 Å². The van der Waals surface area contributed by atoms with E-state index in [1.54, 1.807) is 19.1 Å². The Bertz CT molecular complexity index is 415. The highest BCUT2D eigenvalue weighted by molar-refractivity contribution is 5.86. The number of hydrogen-bond acceptors (Lipinski definition) is 5. The van der Waals surface area contributed by atoms with Crippen LogP contribution in [0.3, 0.4) is 0 Å². The molecular weight excluding hydrogens is 232 g/mol. The number of nitrogens with two attached hydrogens (primary N) is 1. The van der Waals surface area contributed by atoms with E-state index in [-0.39, 0.29) is 13.2 Å². The lowest BCUT2D eigenvalue weighted by Crippen LogP contribution is -2.26. The van der Waals surface area contributed by atoms with Gasteiger partial charge in [0.25, 0.3) is 0 Å². The van der Waals surface area contributed by atoms with E-state index >= 15 is 0 Å². The largest absolute Gasteiger partial charge is 0.460 e. The lowest BCUT2D eigenvalue weighted by molar-refractivity contribution is -0.141. The summed E-state index contributed by atoms with van der Waals surface area (Å²) in [5.41, 5.74) is 7.38. The maximum atomic E-state index is 11.1. The second kappa shape index (κ2) is 6.66. The van der Waals surface area contributed by atoms with E-state index in [9.17, 15) is 9.90 Å². The molecule has 98 valence electrons. The number of aliphatic hydroxyl groups is 1. The van der Waals surface area contributed by atoms with Gasteiger partial charge in [0.15, 0.2) is 0 Å². The van der Waals surface area contributed by atoms with Crippen LogP contribution in [-0.4, -0.2) is 30.3 Å². The number of aliphatic hydroxyl groups excluding tert-OH is 1. The highest BCUT2D eigenvalue weighted by Gasteiger charge is 2.09. The number of carbonyl (C=O) groups is 1. The highest BCUT2D eigenvalue weighted by atomic mass is 16.5. The molecule has 0 aliphatic carbocycles. The monoisotopic (exact) mass is 250 g/mol. The standard InChI is InChI=1S/C13H18N2O3/c1-9(2)13(17)18-8-12(16)7-15-11-5-3-10(14)4-6-11/h3-6,12,15-16H,1,7-8,14H2,2H3. The van der Waals surface area contributed by atoms with Crippen LogP contribution in [0.4, 0.5) is 11.4 Å². The summed E-state index contributed by atoms with van der Waals surface area (Å²) in [6.07, 6.45) is -0.772. The topological polar surface area (TPSA) is 84.6 Å². The third kappa shape index (κ3) is 4.88. The van der Waals surface area contributed by atoms with Gasteiger partial charge in [-0.05, 0) is 31.2 Å². The Labute approximate surface area is 106 Å². The Morgan fingerprint density at radius 3 is 2.67 bits per heavy atom. The molecule has 1 aromatic carbocycles. The molecule has 1 atom stereocenters. The number of carbonyl (C=O) groups excluding carboxylic acids is 1. The van der Waals surface area contributed by atoms with Crippen molar-refractivity contribution >= 4 is 17.3 Å². The number of benzene rings is 1. The van der Waals surface area contributed by atoms with Crippen molar-refractivity contribution in [2.24, 2.45) is 0 Å².